The third-order valence-corrected chi connectivity index (χ3v) is 2.84. The molecule has 1 heterocycles. The van der Waals surface area contributed by atoms with Gasteiger partial charge in [-0.05, 0) is 19.1 Å². The molecule has 0 unspecified atom stereocenters. The minimum absolute atomic E-state index is 0.00479. The zero-order valence-electron chi connectivity index (χ0n) is 9.02. The van der Waals surface area contributed by atoms with Gasteiger partial charge in [-0.3, -0.25) is 5.10 Å². The molecule has 0 radical (unpaired) electrons. The molecule has 2 N–H and O–H groups in total. The highest BCUT2D eigenvalue weighted by molar-refractivity contribution is 6.36. The lowest BCUT2D eigenvalue weighted by atomic mass is 10.1. The predicted octanol–water partition coefficient (Wildman–Crippen LogP) is 3.95. The summed E-state index contributed by atoms with van der Waals surface area (Å²) in [6, 6.07) is 4.42. The van der Waals surface area contributed by atoms with Gasteiger partial charge in [0.1, 0.15) is 11.6 Å². The van der Waals surface area contributed by atoms with E-state index in [1.165, 1.54) is 12.1 Å². The number of aromatic amines is 1. The van der Waals surface area contributed by atoms with Gasteiger partial charge in [-0.25, -0.2) is 4.39 Å². The summed E-state index contributed by atoms with van der Waals surface area (Å²) >= 11 is 11.6. The van der Waals surface area contributed by atoms with Crippen LogP contribution in [0.4, 0.5) is 10.2 Å². The topological polar surface area (TPSA) is 40.7 Å². The Morgan fingerprint density at radius 1 is 1.29 bits per heavy atom. The van der Waals surface area contributed by atoms with Gasteiger partial charge in [-0.2, -0.15) is 5.10 Å². The standard InChI is InChI=1S/C11H10Cl2FN3/c1-2-15-11-5-10(16-17-11)6-3-9(14)8(13)4-7(6)12/h3-5H,2H2,1H3,(H2,15,16,17). The molecule has 3 nitrogen and oxygen atoms in total. The van der Waals surface area contributed by atoms with Crippen molar-refractivity contribution in [3.63, 3.8) is 0 Å². The van der Waals surface area contributed by atoms with Crippen molar-refractivity contribution in [3.05, 3.63) is 34.1 Å². The Kier molecular flexibility index (Phi) is 3.54. The van der Waals surface area contributed by atoms with E-state index in [0.717, 1.165) is 6.54 Å². The van der Waals surface area contributed by atoms with E-state index in [4.69, 9.17) is 23.2 Å². The Bertz CT molecular complexity index is 540. The largest absolute Gasteiger partial charge is 0.369 e. The highest BCUT2D eigenvalue weighted by atomic mass is 35.5. The summed E-state index contributed by atoms with van der Waals surface area (Å²) in [6.45, 7) is 2.72. The molecule has 0 atom stereocenters. The summed E-state index contributed by atoms with van der Waals surface area (Å²) < 4.78 is 13.4. The first-order chi connectivity index (χ1) is 8.11. The Morgan fingerprint density at radius 3 is 2.76 bits per heavy atom. The van der Waals surface area contributed by atoms with Crippen molar-refractivity contribution in [1.82, 2.24) is 10.2 Å². The molecule has 6 heteroatoms. The number of nitrogens with zero attached hydrogens (tertiary/aromatic N) is 1. The van der Waals surface area contributed by atoms with Crippen molar-refractivity contribution in [2.24, 2.45) is 0 Å². The van der Waals surface area contributed by atoms with E-state index >= 15 is 0 Å². The Balaban J connectivity index is 2.41. The van der Waals surface area contributed by atoms with Crippen LogP contribution in [0.2, 0.25) is 10.0 Å². The second kappa shape index (κ2) is 4.94. The van der Waals surface area contributed by atoms with Crippen molar-refractivity contribution in [3.8, 4) is 11.3 Å². The molecular formula is C11H10Cl2FN3. The third-order valence-electron chi connectivity index (χ3n) is 2.24. The highest BCUT2D eigenvalue weighted by Gasteiger charge is 2.11. The molecule has 0 bridgehead atoms. The first-order valence-corrected chi connectivity index (χ1v) is 5.81. The quantitative estimate of drug-likeness (QED) is 0.832. The van der Waals surface area contributed by atoms with Crippen LogP contribution in [0, 0.1) is 5.82 Å². The van der Waals surface area contributed by atoms with Gasteiger partial charge in [0.05, 0.1) is 15.7 Å². The molecule has 1 aromatic heterocycles. The number of hydrogen-bond donors (Lipinski definition) is 2. The number of hydrogen-bond acceptors (Lipinski definition) is 2. The molecule has 17 heavy (non-hydrogen) atoms. The van der Waals surface area contributed by atoms with Gasteiger partial charge in [0.2, 0.25) is 0 Å². The third kappa shape index (κ3) is 2.53. The number of rotatable bonds is 3. The number of nitrogens with one attached hydrogen (secondary N) is 2. The van der Waals surface area contributed by atoms with E-state index in [1.54, 1.807) is 6.07 Å². The van der Waals surface area contributed by atoms with Crippen molar-refractivity contribution in [1.29, 1.82) is 0 Å². The second-order valence-corrected chi connectivity index (χ2v) is 4.26. The summed E-state index contributed by atoms with van der Waals surface area (Å²) in [6.07, 6.45) is 0. The SMILES string of the molecule is CCNc1cc(-c2cc(F)c(Cl)cc2Cl)[nH]n1. The number of benzene rings is 1. The average Bonchev–Trinajstić information content (AvgIpc) is 2.72. The smallest absolute Gasteiger partial charge is 0.148 e. The zero-order valence-corrected chi connectivity index (χ0v) is 10.5. The van der Waals surface area contributed by atoms with Crippen LogP contribution in [-0.2, 0) is 0 Å². The van der Waals surface area contributed by atoms with Crippen LogP contribution >= 0.6 is 23.2 Å². The molecule has 0 aliphatic rings. The van der Waals surface area contributed by atoms with Crippen LogP contribution in [0.5, 0.6) is 0 Å². The van der Waals surface area contributed by atoms with Gasteiger partial charge in [0.15, 0.2) is 0 Å². The lowest BCUT2D eigenvalue weighted by Gasteiger charge is -2.02. The van der Waals surface area contributed by atoms with Gasteiger partial charge >= 0.3 is 0 Å². The van der Waals surface area contributed by atoms with E-state index in [0.29, 0.717) is 22.1 Å². The zero-order chi connectivity index (χ0) is 12.4. The van der Waals surface area contributed by atoms with Gasteiger partial charge in [-0.1, -0.05) is 23.2 Å². The van der Waals surface area contributed by atoms with Gasteiger partial charge in [-0.15, -0.1) is 0 Å². The minimum atomic E-state index is -0.509. The van der Waals surface area contributed by atoms with E-state index in [2.05, 4.69) is 15.5 Å². The van der Waals surface area contributed by atoms with Crippen LogP contribution in [0.3, 0.4) is 0 Å². The lowest BCUT2D eigenvalue weighted by Crippen LogP contribution is -1.95. The van der Waals surface area contributed by atoms with Crippen LogP contribution in [0.15, 0.2) is 18.2 Å². The van der Waals surface area contributed by atoms with Gasteiger partial charge in [0.25, 0.3) is 0 Å². The second-order valence-electron chi connectivity index (χ2n) is 3.44. The maximum absolute atomic E-state index is 13.4. The highest BCUT2D eigenvalue weighted by Crippen LogP contribution is 2.31. The summed E-state index contributed by atoms with van der Waals surface area (Å²) in [5.41, 5.74) is 1.17. The number of H-pyrrole nitrogens is 1. The first-order valence-electron chi connectivity index (χ1n) is 5.06. The molecular weight excluding hydrogens is 264 g/mol. The molecule has 0 saturated carbocycles. The number of aromatic nitrogens is 2. The molecule has 2 rings (SSSR count). The average molecular weight is 274 g/mol. The maximum Gasteiger partial charge on any atom is 0.148 e. The van der Waals surface area contributed by atoms with E-state index in [9.17, 15) is 4.39 Å². The minimum Gasteiger partial charge on any atom is -0.369 e. The fourth-order valence-electron chi connectivity index (χ4n) is 1.46. The first kappa shape index (κ1) is 12.2. The van der Waals surface area contributed by atoms with Gasteiger partial charge in [0, 0.05) is 18.2 Å². The van der Waals surface area contributed by atoms with Crippen molar-refractivity contribution in [2.45, 2.75) is 6.92 Å². The molecule has 1 aromatic carbocycles. The fourth-order valence-corrected chi connectivity index (χ4v) is 1.95. The molecule has 0 amide bonds. The summed E-state index contributed by atoms with van der Waals surface area (Å²) in [5.74, 6) is 0.180. The Hall–Kier alpha value is -1.26. The lowest BCUT2D eigenvalue weighted by molar-refractivity contribution is 0.628. The van der Waals surface area contributed by atoms with Crippen molar-refractivity contribution in [2.75, 3.05) is 11.9 Å². The van der Waals surface area contributed by atoms with Crippen molar-refractivity contribution < 1.29 is 4.39 Å². The Morgan fingerprint density at radius 2 is 2.06 bits per heavy atom. The van der Waals surface area contributed by atoms with Crippen molar-refractivity contribution >= 4 is 29.0 Å². The monoisotopic (exact) mass is 273 g/mol. The summed E-state index contributed by atoms with van der Waals surface area (Å²) in [5, 5.41) is 10.2. The fraction of sp³-hybridized carbons (Fsp3) is 0.182. The summed E-state index contributed by atoms with van der Waals surface area (Å²) in [7, 11) is 0. The van der Waals surface area contributed by atoms with Crippen LogP contribution < -0.4 is 5.32 Å². The number of anilines is 1. The van der Waals surface area contributed by atoms with E-state index in [1.807, 2.05) is 6.92 Å². The van der Waals surface area contributed by atoms with E-state index < -0.39 is 5.82 Å². The molecule has 0 saturated heterocycles. The van der Waals surface area contributed by atoms with Crippen LogP contribution in [0.25, 0.3) is 11.3 Å². The van der Waals surface area contributed by atoms with Gasteiger partial charge < -0.3 is 5.32 Å². The maximum atomic E-state index is 13.4. The number of halogens is 3. The molecule has 0 aliphatic heterocycles. The van der Waals surface area contributed by atoms with Crippen LogP contribution in [-0.4, -0.2) is 16.7 Å². The van der Waals surface area contributed by atoms with E-state index in [-0.39, 0.29) is 5.02 Å². The normalized spacial score (nSPS) is 10.6. The summed E-state index contributed by atoms with van der Waals surface area (Å²) in [4.78, 5) is 0. The Labute approximate surface area is 108 Å². The van der Waals surface area contributed by atoms with Crippen LogP contribution in [0.1, 0.15) is 6.92 Å². The molecule has 0 fully saturated rings. The molecule has 0 spiro atoms. The molecule has 2 aromatic rings. The molecule has 0 aliphatic carbocycles. The predicted molar refractivity (Wildman–Crippen MR) is 68.2 cm³/mol. The molecule has 90 valence electrons.